The van der Waals surface area contributed by atoms with Gasteiger partial charge in [0, 0.05) is 24.9 Å². The lowest BCUT2D eigenvalue weighted by atomic mass is 10.1. The third kappa shape index (κ3) is 3.47. The number of ether oxygens (including phenoxy) is 3. The van der Waals surface area contributed by atoms with E-state index < -0.39 is 18.5 Å². The Labute approximate surface area is 143 Å². The van der Waals surface area contributed by atoms with Crippen molar-refractivity contribution in [1.82, 2.24) is 4.57 Å². The SMILES string of the molecule is CC(=O)c1cc2c(cc1NC(=O)COC(=O)c1cccn1C)OCO2. The van der Waals surface area contributed by atoms with Crippen molar-refractivity contribution < 1.29 is 28.6 Å². The summed E-state index contributed by atoms with van der Waals surface area (Å²) in [5.41, 5.74) is 0.892. The van der Waals surface area contributed by atoms with Gasteiger partial charge in [-0.1, -0.05) is 0 Å². The number of benzene rings is 1. The largest absolute Gasteiger partial charge is 0.454 e. The average molecular weight is 344 g/mol. The number of esters is 1. The van der Waals surface area contributed by atoms with Gasteiger partial charge in [-0.3, -0.25) is 9.59 Å². The Morgan fingerprint density at radius 1 is 1.24 bits per heavy atom. The summed E-state index contributed by atoms with van der Waals surface area (Å²) < 4.78 is 17.0. The standard InChI is InChI=1S/C17H16N2O6/c1-10(20)11-6-14-15(25-9-24-14)7-12(11)18-16(21)8-23-17(22)13-4-3-5-19(13)2/h3-7H,8-9H2,1-2H3,(H,18,21). The molecule has 25 heavy (non-hydrogen) atoms. The number of anilines is 1. The summed E-state index contributed by atoms with van der Waals surface area (Å²) in [7, 11) is 1.70. The molecule has 3 rings (SSSR count). The van der Waals surface area contributed by atoms with Gasteiger partial charge in [-0.05, 0) is 25.1 Å². The van der Waals surface area contributed by atoms with E-state index in [0.29, 0.717) is 17.2 Å². The zero-order valence-electron chi connectivity index (χ0n) is 13.7. The molecule has 1 aliphatic rings. The van der Waals surface area contributed by atoms with Gasteiger partial charge in [0.2, 0.25) is 6.79 Å². The number of aromatic nitrogens is 1. The third-order valence-corrected chi connectivity index (χ3v) is 3.65. The lowest BCUT2D eigenvalue weighted by molar-refractivity contribution is -0.119. The fourth-order valence-corrected chi connectivity index (χ4v) is 2.40. The fourth-order valence-electron chi connectivity index (χ4n) is 2.40. The van der Waals surface area contributed by atoms with Crippen molar-refractivity contribution in [3.05, 3.63) is 41.7 Å². The first-order chi connectivity index (χ1) is 12.0. The lowest BCUT2D eigenvalue weighted by Crippen LogP contribution is -2.22. The van der Waals surface area contributed by atoms with Crippen LogP contribution in [0.4, 0.5) is 5.69 Å². The van der Waals surface area contributed by atoms with E-state index in [1.165, 1.54) is 19.1 Å². The molecule has 8 nitrogen and oxygen atoms in total. The van der Waals surface area contributed by atoms with Crippen molar-refractivity contribution in [3.63, 3.8) is 0 Å². The van der Waals surface area contributed by atoms with Gasteiger partial charge in [-0.2, -0.15) is 0 Å². The second-order valence-corrected chi connectivity index (χ2v) is 5.44. The number of carbonyl (C=O) groups is 3. The molecule has 0 spiro atoms. The number of hydrogen-bond donors (Lipinski definition) is 1. The quantitative estimate of drug-likeness (QED) is 0.656. The monoisotopic (exact) mass is 344 g/mol. The molecule has 0 radical (unpaired) electrons. The Bertz CT molecular complexity index is 855. The zero-order valence-corrected chi connectivity index (χ0v) is 13.7. The number of ketones is 1. The number of rotatable bonds is 5. The molecular weight excluding hydrogens is 328 g/mol. The van der Waals surface area contributed by atoms with Crippen molar-refractivity contribution in [2.75, 3.05) is 18.7 Å². The number of Topliss-reactive ketones (excluding diaryl/α,β-unsaturated/α-hetero) is 1. The van der Waals surface area contributed by atoms with Crippen molar-refractivity contribution in [2.45, 2.75) is 6.92 Å². The molecule has 0 fully saturated rings. The van der Waals surface area contributed by atoms with Crippen LogP contribution in [-0.2, 0) is 16.6 Å². The number of hydrogen-bond acceptors (Lipinski definition) is 6. The molecule has 130 valence electrons. The molecule has 1 aromatic carbocycles. The van der Waals surface area contributed by atoms with Crippen LogP contribution < -0.4 is 14.8 Å². The van der Waals surface area contributed by atoms with Crippen molar-refractivity contribution in [2.24, 2.45) is 7.05 Å². The molecule has 0 atom stereocenters. The summed E-state index contributed by atoms with van der Waals surface area (Å²) in [6.07, 6.45) is 1.70. The summed E-state index contributed by atoms with van der Waals surface area (Å²) in [5.74, 6) is -0.544. The highest BCUT2D eigenvalue weighted by atomic mass is 16.7. The summed E-state index contributed by atoms with van der Waals surface area (Å²) in [4.78, 5) is 35.7. The topological polar surface area (TPSA) is 95.9 Å². The van der Waals surface area contributed by atoms with Crippen LogP contribution >= 0.6 is 0 Å². The second-order valence-electron chi connectivity index (χ2n) is 5.44. The minimum atomic E-state index is -0.611. The molecule has 1 N–H and O–H groups in total. The molecule has 1 aliphatic heterocycles. The molecule has 1 aromatic heterocycles. The Kier molecular flexibility index (Phi) is 4.42. The van der Waals surface area contributed by atoms with Gasteiger partial charge in [0.05, 0.1) is 5.69 Å². The zero-order chi connectivity index (χ0) is 18.0. The van der Waals surface area contributed by atoms with Crippen LogP contribution in [0, 0.1) is 0 Å². The number of nitrogens with one attached hydrogen (secondary N) is 1. The summed E-state index contributed by atoms with van der Waals surface area (Å²) in [5, 5.41) is 2.56. The van der Waals surface area contributed by atoms with Crippen LogP contribution in [0.3, 0.4) is 0 Å². The number of amides is 1. The van der Waals surface area contributed by atoms with E-state index in [1.54, 1.807) is 29.9 Å². The molecule has 1 amide bonds. The van der Waals surface area contributed by atoms with Crippen LogP contribution in [0.2, 0.25) is 0 Å². The first kappa shape index (κ1) is 16.6. The highest BCUT2D eigenvalue weighted by Gasteiger charge is 2.21. The van der Waals surface area contributed by atoms with Crippen molar-refractivity contribution in [1.29, 1.82) is 0 Å². The van der Waals surface area contributed by atoms with Gasteiger partial charge < -0.3 is 24.1 Å². The third-order valence-electron chi connectivity index (χ3n) is 3.65. The molecule has 0 unspecified atom stereocenters. The number of aryl methyl sites for hydroxylation is 1. The predicted molar refractivity (Wildman–Crippen MR) is 86.9 cm³/mol. The summed E-state index contributed by atoms with van der Waals surface area (Å²) in [6.45, 7) is 0.955. The second kappa shape index (κ2) is 6.68. The minimum Gasteiger partial charge on any atom is -0.454 e. The highest BCUT2D eigenvalue weighted by molar-refractivity contribution is 6.05. The average Bonchev–Trinajstić information content (AvgIpc) is 3.19. The molecule has 2 heterocycles. The van der Waals surface area contributed by atoms with Crippen LogP contribution in [0.15, 0.2) is 30.5 Å². The van der Waals surface area contributed by atoms with Crippen molar-refractivity contribution in [3.8, 4) is 11.5 Å². The maximum Gasteiger partial charge on any atom is 0.355 e. The number of nitrogens with zero attached hydrogens (tertiary/aromatic N) is 1. The molecule has 0 bridgehead atoms. The molecule has 0 saturated carbocycles. The van der Waals surface area contributed by atoms with Gasteiger partial charge in [0.1, 0.15) is 5.69 Å². The maximum absolute atomic E-state index is 12.1. The number of carbonyl (C=O) groups excluding carboxylic acids is 3. The van der Waals surface area contributed by atoms with E-state index >= 15 is 0 Å². The van der Waals surface area contributed by atoms with Gasteiger partial charge in [-0.15, -0.1) is 0 Å². The van der Waals surface area contributed by atoms with E-state index in [0.717, 1.165) is 0 Å². The Morgan fingerprint density at radius 2 is 1.96 bits per heavy atom. The molecule has 0 aliphatic carbocycles. The van der Waals surface area contributed by atoms with Crippen LogP contribution in [-0.4, -0.2) is 35.6 Å². The van der Waals surface area contributed by atoms with Gasteiger partial charge in [-0.25, -0.2) is 4.79 Å². The van der Waals surface area contributed by atoms with Gasteiger partial charge >= 0.3 is 5.97 Å². The summed E-state index contributed by atoms with van der Waals surface area (Å²) in [6, 6.07) is 6.31. The van der Waals surface area contributed by atoms with E-state index in [-0.39, 0.29) is 23.8 Å². The Hall–Kier alpha value is -3.29. The highest BCUT2D eigenvalue weighted by Crippen LogP contribution is 2.37. The van der Waals surface area contributed by atoms with Crippen LogP contribution in [0.5, 0.6) is 11.5 Å². The molecule has 0 saturated heterocycles. The Morgan fingerprint density at radius 3 is 2.60 bits per heavy atom. The van der Waals surface area contributed by atoms with E-state index in [2.05, 4.69) is 5.32 Å². The van der Waals surface area contributed by atoms with Gasteiger partial charge in [0.15, 0.2) is 23.9 Å². The van der Waals surface area contributed by atoms with Crippen molar-refractivity contribution >= 4 is 23.3 Å². The van der Waals surface area contributed by atoms with E-state index in [1.807, 2.05) is 0 Å². The summed E-state index contributed by atoms with van der Waals surface area (Å²) >= 11 is 0. The maximum atomic E-state index is 12.1. The van der Waals surface area contributed by atoms with Crippen LogP contribution in [0.1, 0.15) is 27.8 Å². The van der Waals surface area contributed by atoms with Gasteiger partial charge in [0.25, 0.3) is 5.91 Å². The van der Waals surface area contributed by atoms with Crippen LogP contribution in [0.25, 0.3) is 0 Å². The molecular formula is C17H16N2O6. The van der Waals surface area contributed by atoms with E-state index in [9.17, 15) is 14.4 Å². The minimum absolute atomic E-state index is 0.0539. The normalized spacial score (nSPS) is 11.9. The van der Waals surface area contributed by atoms with E-state index in [4.69, 9.17) is 14.2 Å². The first-order valence-electron chi connectivity index (χ1n) is 7.48. The lowest BCUT2D eigenvalue weighted by Gasteiger charge is -2.11. The smallest absolute Gasteiger partial charge is 0.355 e. The predicted octanol–water partition coefficient (Wildman–Crippen LogP) is 1.75. The fraction of sp³-hybridized carbons (Fsp3) is 0.235. The molecule has 2 aromatic rings. The number of fused-ring (bicyclic) bond motifs is 1. The Balaban J connectivity index is 1.68. The molecule has 8 heteroatoms. The first-order valence-corrected chi connectivity index (χ1v) is 7.48.